The molecule has 0 saturated heterocycles. The third-order valence-electron chi connectivity index (χ3n) is 6.41. The maximum Gasteiger partial charge on any atom is 0.282 e. The summed E-state index contributed by atoms with van der Waals surface area (Å²) < 4.78 is 19.1. The van der Waals surface area contributed by atoms with E-state index in [9.17, 15) is 4.79 Å². The van der Waals surface area contributed by atoms with Crippen molar-refractivity contribution in [3.05, 3.63) is 124 Å². The molecule has 6 rings (SSSR count). The Balaban J connectivity index is 1.45. The maximum absolute atomic E-state index is 13.6. The highest BCUT2D eigenvalue weighted by atomic mass is 16.5. The Kier molecular flexibility index (Phi) is 6.39. The van der Waals surface area contributed by atoms with Gasteiger partial charge in [-0.2, -0.15) is 9.78 Å². The number of aryl methyl sites for hydroxylation is 1. The Hall–Kier alpha value is -5.17. The van der Waals surface area contributed by atoms with Crippen LogP contribution in [0.2, 0.25) is 0 Å². The second-order valence-corrected chi connectivity index (χ2v) is 9.12. The van der Waals surface area contributed by atoms with Gasteiger partial charge in [-0.25, -0.2) is 4.98 Å². The molecule has 0 aliphatic rings. The maximum atomic E-state index is 13.6. The molecule has 0 unspecified atom stereocenters. The topological polar surface area (TPSA) is 78.9 Å². The summed E-state index contributed by atoms with van der Waals surface area (Å²) in [5, 5.41) is 5.96. The zero-order valence-electron chi connectivity index (χ0n) is 21.5. The smallest absolute Gasteiger partial charge is 0.282 e. The van der Waals surface area contributed by atoms with Crippen LogP contribution in [-0.2, 0) is 6.61 Å². The van der Waals surface area contributed by atoms with Gasteiger partial charge in [-0.05, 0) is 48.9 Å². The molecule has 7 heteroatoms. The van der Waals surface area contributed by atoms with Gasteiger partial charge in [0.05, 0.1) is 24.2 Å². The summed E-state index contributed by atoms with van der Waals surface area (Å²) >= 11 is 0. The standard InChI is InChI=1S/C32H25N3O4/c1-21-9-7-10-22(17-21)20-38-30-24(12-8-16-28(30)37-2)19-33-35-31(29-18-23-11-3-6-15-27(23)39-29)34-26-14-5-4-13-25(26)32(35)36/h3-19H,20H2,1-2H3. The van der Waals surface area contributed by atoms with Crippen molar-refractivity contribution in [3.63, 3.8) is 0 Å². The van der Waals surface area contributed by atoms with E-state index in [4.69, 9.17) is 18.9 Å². The van der Waals surface area contributed by atoms with E-state index >= 15 is 0 Å². The Morgan fingerprint density at radius 1 is 0.949 bits per heavy atom. The van der Waals surface area contributed by atoms with E-state index in [2.05, 4.69) is 11.2 Å². The molecule has 7 nitrogen and oxygen atoms in total. The predicted molar refractivity (Wildman–Crippen MR) is 153 cm³/mol. The molecule has 0 spiro atoms. The second-order valence-electron chi connectivity index (χ2n) is 9.12. The van der Waals surface area contributed by atoms with Gasteiger partial charge in [0, 0.05) is 10.9 Å². The molecular formula is C32H25N3O4. The summed E-state index contributed by atoms with van der Waals surface area (Å²) in [7, 11) is 1.59. The predicted octanol–water partition coefficient (Wildman–Crippen LogP) is 6.59. The van der Waals surface area contributed by atoms with Crippen molar-refractivity contribution in [2.75, 3.05) is 7.11 Å². The number of aromatic nitrogens is 2. The molecule has 0 fully saturated rings. The van der Waals surface area contributed by atoms with Crippen molar-refractivity contribution in [2.45, 2.75) is 13.5 Å². The molecule has 0 saturated carbocycles. The normalized spacial score (nSPS) is 11.4. The fourth-order valence-corrected chi connectivity index (χ4v) is 4.51. The number of hydrogen-bond donors (Lipinski definition) is 0. The number of hydrogen-bond acceptors (Lipinski definition) is 6. The molecule has 0 amide bonds. The quantitative estimate of drug-likeness (QED) is 0.224. The van der Waals surface area contributed by atoms with Crippen LogP contribution in [0.3, 0.4) is 0 Å². The minimum absolute atomic E-state index is 0.302. The molecular weight excluding hydrogens is 490 g/mol. The van der Waals surface area contributed by atoms with Crippen LogP contribution < -0.4 is 15.0 Å². The summed E-state index contributed by atoms with van der Waals surface area (Å²) in [6.45, 7) is 2.39. The molecule has 2 aromatic heterocycles. The number of ether oxygens (including phenoxy) is 2. The monoisotopic (exact) mass is 515 g/mol. The Morgan fingerprint density at radius 3 is 2.62 bits per heavy atom. The second kappa shape index (κ2) is 10.3. The summed E-state index contributed by atoms with van der Waals surface area (Å²) in [5.74, 6) is 1.83. The van der Waals surface area contributed by atoms with Gasteiger partial charge in [-0.3, -0.25) is 4.79 Å². The van der Waals surface area contributed by atoms with Crippen LogP contribution in [0.25, 0.3) is 33.5 Å². The molecule has 0 atom stereocenters. The van der Waals surface area contributed by atoms with E-state index in [1.54, 1.807) is 31.5 Å². The molecule has 0 N–H and O–H groups in total. The Labute approximate surface area is 224 Å². The molecule has 0 radical (unpaired) electrons. The summed E-state index contributed by atoms with van der Waals surface area (Å²) in [4.78, 5) is 18.4. The zero-order valence-corrected chi connectivity index (χ0v) is 21.5. The van der Waals surface area contributed by atoms with Crippen LogP contribution in [0.1, 0.15) is 16.7 Å². The van der Waals surface area contributed by atoms with Crippen molar-refractivity contribution in [3.8, 4) is 23.1 Å². The number of furan rings is 1. The number of nitrogens with zero attached hydrogens (tertiary/aromatic N) is 3. The zero-order chi connectivity index (χ0) is 26.8. The molecule has 192 valence electrons. The third-order valence-corrected chi connectivity index (χ3v) is 6.41. The van der Waals surface area contributed by atoms with Crippen LogP contribution in [0, 0.1) is 6.92 Å². The minimum atomic E-state index is -0.308. The van der Waals surface area contributed by atoms with Crippen molar-refractivity contribution in [1.82, 2.24) is 9.66 Å². The van der Waals surface area contributed by atoms with E-state index in [1.807, 2.05) is 79.7 Å². The molecule has 4 aromatic carbocycles. The van der Waals surface area contributed by atoms with Gasteiger partial charge in [-0.15, -0.1) is 0 Å². The first-order chi connectivity index (χ1) is 19.1. The largest absolute Gasteiger partial charge is 0.493 e. The van der Waals surface area contributed by atoms with E-state index in [0.717, 1.165) is 16.5 Å². The fraction of sp³-hybridized carbons (Fsp3) is 0.0938. The fourth-order valence-electron chi connectivity index (χ4n) is 4.51. The van der Waals surface area contributed by atoms with Gasteiger partial charge in [0.25, 0.3) is 5.56 Å². The molecule has 0 aliphatic heterocycles. The van der Waals surface area contributed by atoms with Crippen LogP contribution in [-0.4, -0.2) is 23.0 Å². The van der Waals surface area contributed by atoms with Crippen LogP contribution in [0.4, 0.5) is 0 Å². The van der Waals surface area contributed by atoms with Gasteiger partial charge in [-0.1, -0.05) is 66.2 Å². The first kappa shape index (κ1) is 24.2. The van der Waals surface area contributed by atoms with Gasteiger partial charge in [0.15, 0.2) is 17.3 Å². The van der Waals surface area contributed by atoms with Crippen molar-refractivity contribution in [2.24, 2.45) is 5.10 Å². The molecule has 39 heavy (non-hydrogen) atoms. The summed E-state index contributed by atoms with van der Waals surface area (Å²) in [6.07, 6.45) is 1.58. The highest BCUT2D eigenvalue weighted by Gasteiger charge is 2.17. The van der Waals surface area contributed by atoms with E-state index in [0.29, 0.717) is 51.7 Å². The lowest BCUT2D eigenvalue weighted by Crippen LogP contribution is -2.20. The highest BCUT2D eigenvalue weighted by molar-refractivity contribution is 5.86. The van der Waals surface area contributed by atoms with Crippen LogP contribution >= 0.6 is 0 Å². The first-order valence-corrected chi connectivity index (χ1v) is 12.5. The Bertz CT molecular complexity index is 1870. The number of fused-ring (bicyclic) bond motifs is 2. The number of para-hydroxylation sites is 3. The lowest BCUT2D eigenvalue weighted by molar-refractivity contribution is 0.284. The van der Waals surface area contributed by atoms with Crippen LogP contribution in [0.15, 0.2) is 111 Å². The van der Waals surface area contributed by atoms with Gasteiger partial charge in [0.1, 0.15) is 12.2 Å². The highest BCUT2D eigenvalue weighted by Crippen LogP contribution is 2.31. The first-order valence-electron chi connectivity index (χ1n) is 12.5. The number of rotatable bonds is 7. The van der Waals surface area contributed by atoms with Crippen molar-refractivity contribution < 1.29 is 13.9 Å². The van der Waals surface area contributed by atoms with Crippen molar-refractivity contribution in [1.29, 1.82) is 0 Å². The number of methoxy groups -OCH3 is 1. The van der Waals surface area contributed by atoms with E-state index in [1.165, 1.54) is 4.68 Å². The van der Waals surface area contributed by atoms with E-state index < -0.39 is 0 Å². The molecule has 6 aromatic rings. The minimum Gasteiger partial charge on any atom is -0.493 e. The van der Waals surface area contributed by atoms with Gasteiger partial charge in [0.2, 0.25) is 5.82 Å². The SMILES string of the molecule is COc1cccc(C=Nn2c(-c3cc4ccccc4o3)nc3ccccc3c2=O)c1OCc1cccc(C)c1. The summed E-state index contributed by atoms with van der Waals surface area (Å²) in [6, 6.07) is 30.4. The molecule has 0 aliphatic carbocycles. The average Bonchev–Trinajstić information content (AvgIpc) is 3.40. The summed E-state index contributed by atoms with van der Waals surface area (Å²) in [5.41, 5.74) is 3.79. The van der Waals surface area contributed by atoms with Crippen molar-refractivity contribution >= 4 is 28.1 Å². The van der Waals surface area contributed by atoms with E-state index in [-0.39, 0.29) is 5.56 Å². The van der Waals surface area contributed by atoms with Gasteiger partial charge >= 0.3 is 0 Å². The third kappa shape index (κ3) is 4.78. The average molecular weight is 516 g/mol. The van der Waals surface area contributed by atoms with Gasteiger partial charge < -0.3 is 13.9 Å². The number of benzene rings is 4. The molecule has 2 heterocycles. The van der Waals surface area contributed by atoms with Crippen LogP contribution in [0.5, 0.6) is 11.5 Å². The lowest BCUT2D eigenvalue weighted by Gasteiger charge is -2.14. The Morgan fingerprint density at radius 2 is 1.77 bits per heavy atom. The lowest BCUT2D eigenvalue weighted by atomic mass is 10.1. The molecule has 0 bridgehead atoms.